The zero-order chi connectivity index (χ0) is 11.1. The van der Waals surface area contributed by atoms with Gasteiger partial charge in [0.25, 0.3) is 0 Å². The molecule has 3 rings (SSSR count). The van der Waals surface area contributed by atoms with Crippen LogP contribution in [0.5, 0.6) is 0 Å². The van der Waals surface area contributed by atoms with E-state index in [1.807, 2.05) is 6.07 Å². The summed E-state index contributed by atoms with van der Waals surface area (Å²) in [5.41, 5.74) is 6.91. The molecule has 4 nitrogen and oxygen atoms in total. The fourth-order valence-electron chi connectivity index (χ4n) is 2.88. The van der Waals surface area contributed by atoms with Gasteiger partial charge in [-0.3, -0.25) is 0 Å². The molecule has 1 aromatic carbocycles. The molecule has 2 aliphatic rings. The summed E-state index contributed by atoms with van der Waals surface area (Å²) in [7, 11) is 0. The maximum Gasteiger partial charge on any atom is 0.142 e. The Hall–Kier alpha value is -1.71. The number of amidine groups is 1. The molecule has 1 aliphatic carbocycles. The Bertz CT molecular complexity index is 406. The molecule has 3 N–H and O–H groups in total. The molecule has 2 unspecified atom stereocenters. The first-order valence-electron chi connectivity index (χ1n) is 5.58. The van der Waals surface area contributed by atoms with Gasteiger partial charge in [-0.2, -0.15) is 0 Å². The lowest BCUT2D eigenvalue weighted by Crippen LogP contribution is -2.28. The van der Waals surface area contributed by atoms with Crippen molar-refractivity contribution in [2.24, 2.45) is 28.6 Å². The summed E-state index contributed by atoms with van der Waals surface area (Å²) in [6, 6.07) is 10.4. The summed E-state index contributed by atoms with van der Waals surface area (Å²) in [6.07, 6.45) is 0. The van der Waals surface area contributed by atoms with Crippen molar-refractivity contribution < 1.29 is 5.21 Å². The number of anilines is 1. The lowest BCUT2D eigenvalue weighted by atomic mass is 10.2. The summed E-state index contributed by atoms with van der Waals surface area (Å²) < 4.78 is 0. The van der Waals surface area contributed by atoms with Crippen LogP contribution in [0.2, 0.25) is 0 Å². The van der Waals surface area contributed by atoms with Crippen LogP contribution >= 0.6 is 0 Å². The van der Waals surface area contributed by atoms with Crippen LogP contribution in [0.1, 0.15) is 0 Å². The predicted molar refractivity (Wildman–Crippen MR) is 62.5 cm³/mol. The fraction of sp³-hybridized carbons (Fsp3) is 0.417. The SMILES string of the molecule is N/C(=N\O)C1C2CN(c3ccccc3)CC21. The standard InChI is InChI=1S/C12H15N3O/c13-12(14-16)11-9-6-15(7-10(9)11)8-4-2-1-3-5-8/h1-5,9-11,16H,6-7H2,(H2,13,14). The predicted octanol–water partition coefficient (Wildman–Crippen LogP) is 1.12. The number of hydrogen-bond donors (Lipinski definition) is 2. The molecule has 0 spiro atoms. The molecule has 1 heterocycles. The molecule has 84 valence electrons. The smallest absolute Gasteiger partial charge is 0.142 e. The van der Waals surface area contributed by atoms with E-state index in [0.717, 1.165) is 13.1 Å². The van der Waals surface area contributed by atoms with Gasteiger partial charge < -0.3 is 15.8 Å². The lowest BCUT2D eigenvalue weighted by molar-refractivity contribution is 0.315. The number of oxime groups is 1. The molecule has 1 saturated heterocycles. The summed E-state index contributed by atoms with van der Waals surface area (Å²) >= 11 is 0. The van der Waals surface area contributed by atoms with Crippen molar-refractivity contribution in [2.45, 2.75) is 0 Å². The highest BCUT2D eigenvalue weighted by molar-refractivity contribution is 5.86. The topological polar surface area (TPSA) is 61.9 Å². The van der Waals surface area contributed by atoms with Crippen molar-refractivity contribution in [1.29, 1.82) is 0 Å². The van der Waals surface area contributed by atoms with E-state index < -0.39 is 0 Å². The maximum atomic E-state index is 8.63. The highest BCUT2D eigenvalue weighted by atomic mass is 16.4. The van der Waals surface area contributed by atoms with Crippen LogP contribution in [-0.4, -0.2) is 24.1 Å². The highest BCUT2D eigenvalue weighted by Gasteiger charge is 2.57. The van der Waals surface area contributed by atoms with Crippen molar-refractivity contribution in [1.82, 2.24) is 0 Å². The van der Waals surface area contributed by atoms with Crippen molar-refractivity contribution in [3.05, 3.63) is 30.3 Å². The Balaban J connectivity index is 1.68. The van der Waals surface area contributed by atoms with E-state index in [1.54, 1.807) is 0 Å². The Morgan fingerprint density at radius 3 is 2.44 bits per heavy atom. The fourth-order valence-corrected chi connectivity index (χ4v) is 2.88. The Kier molecular flexibility index (Phi) is 2.02. The van der Waals surface area contributed by atoms with Gasteiger partial charge in [0.1, 0.15) is 5.84 Å². The molecule has 2 atom stereocenters. The second-order valence-electron chi connectivity index (χ2n) is 4.62. The molecule has 0 bridgehead atoms. The second-order valence-corrected chi connectivity index (χ2v) is 4.62. The number of benzene rings is 1. The first-order chi connectivity index (χ1) is 7.81. The van der Waals surface area contributed by atoms with Crippen molar-refractivity contribution >= 4 is 11.5 Å². The van der Waals surface area contributed by atoms with Gasteiger partial charge in [-0.15, -0.1) is 0 Å². The van der Waals surface area contributed by atoms with Gasteiger partial charge in [0.2, 0.25) is 0 Å². The number of para-hydroxylation sites is 1. The van der Waals surface area contributed by atoms with Crippen molar-refractivity contribution in [2.75, 3.05) is 18.0 Å². The maximum absolute atomic E-state index is 8.63. The van der Waals surface area contributed by atoms with Gasteiger partial charge in [0.05, 0.1) is 0 Å². The zero-order valence-electron chi connectivity index (χ0n) is 8.95. The molecule has 2 fully saturated rings. The number of piperidine rings is 1. The molecule has 1 aromatic rings. The Labute approximate surface area is 94.4 Å². The third kappa shape index (κ3) is 1.33. The largest absolute Gasteiger partial charge is 0.409 e. The number of fused-ring (bicyclic) bond motifs is 1. The first kappa shape index (κ1) is 9.51. The molecule has 16 heavy (non-hydrogen) atoms. The summed E-state index contributed by atoms with van der Waals surface area (Å²) in [4.78, 5) is 2.37. The normalized spacial score (nSPS) is 32.6. The lowest BCUT2D eigenvalue weighted by Gasteiger charge is -2.21. The molecular weight excluding hydrogens is 202 g/mol. The molecule has 0 radical (unpaired) electrons. The van der Waals surface area contributed by atoms with E-state index in [2.05, 4.69) is 34.3 Å². The number of nitrogens with two attached hydrogens (primary N) is 1. The van der Waals surface area contributed by atoms with Crippen LogP contribution in [0, 0.1) is 17.8 Å². The van der Waals surface area contributed by atoms with Crippen molar-refractivity contribution in [3.8, 4) is 0 Å². The van der Waals surface area contributed by atoms with Crippen molar-refractivity contribution in [3.63, 3.8) is 0 Å². The van der Waals surface area contributed by atoms with E-state index in [4.69, 9.17) is 10.9 Å². The molecule has 4 heteroatoms. The van der Waals surface area contributed by atoms with Gasteiger partial charge in [-0.05, 0) is 24.0 Å². The van der Waals surface area contributed by atoms with E-state index in [1.165, 1.54) is 5.69 Å². The number of hydrogen-bond acceptors (Lipinski definition) is 3. The van der Waals surface area contributed by atoms with E-state index in [9.17, 15) is 0 Å². The molecule has 0 amide bonds. The first-order valence-corrected chi connectivity index (χ1v) is 5.58. The van der Waals surface area contributed by atoms with Crippen LogP contribution in [0.25, 0.3) is 0 Å². The van der Waals surface area contributed by atoms with Crippen LogP contribution < -0.4 is 10.6 Å². The zero-order valence-corrected chi connectivity index (χ0v) is 8.95. The number of nitrogens with zero attached hydrogens (tertiary/aromatic N) is 2. The molecule has 1 aliphatic heterocycles. The third-order valence-electron chi connectivity index (χ3n) is 3.77. The third-order valence-corrected chi connectivity index (χ3v) is 3.77. The van der Waals surface area contributed by atoms with Crippen LogP contribution in [0.15, 0.2) is 35.5 Å². The Morgan fingerprint density at radius 2 is 1.88 bits per heavy atom. The van der Waals surface area contributed by atoms with Gasteiger partial charge in [0, 0.05) is 24.7 Å². The monoisotopic (exact) mass is 217 g/mol. The average Bonchev–Trinajstić information content (AvgIpc) is 2.84. The molecule has 1 saturated carbocycles. The van der Waals surface area contributed by atoms with Gasteiger partial charge in [0.15, 0.2) is 0 Å². The second kappa shape index (κ2) is 3.40. The van der Waals surface area contributed by atoms with E-state index in [0.29, 0.717) is 23.6 Å². The van der Waals surface area contributed by atoms with Gasteiger partial charge in [-0.1, -0.05) is 23.4 Å². The van der Waals surface area contributed by atoms with Crippen LogP contribution in [0.4, 0.5) is 5.69 Å². The summed E-state index contributed by atoms with van der Waals surface area (Å²) in [6.45, 7) is 2.05. The minimum atomic E-state index is 0.310. The average molecular weight is 217 g/mol. The quantitative estimate of drug-likeness (QED) is 0.338. The minimum Gasteiger partial charge on any atom is -0.409 e. The Morgan fingerprint density at radius 1 is 1.25 bits per heavy atom. The van der Waals surface area contributed by atoms with Gasteiger partial charge in [-0.25, -0.2) is 0 Å². The highest BCUT2D eigenvalue weighted by Crippen LogP contribution is 2.52. The molecular formula is C12H15N3O. The summed E-state index contributed by atoms with van der Waals surface area (Å²) in [5, 5.41) is 11.7. The minimum absolute atomic E-state index is 0.310. The summed E-state index contributed by atoms with van der Waals surface area (Å²) in [5.74, 6) is 1.87. The molecule has 0 aromatic heterocycles. The van der Waals surface area contributed by atoms with Gasteiger partial charge >= 0.3 is 0 Å². The number of rotatable bonds is 2. The van der Waals surface area contributed by atoms with E-state index >= 15 is 0 Å². The van der Waals surface area contributed by atoms with Crippen LogP contribution in [-0.2, 0) is 0 Å². The van der Waals surface area contributed by atoms with Crippen LogP contribution in [0.3, 0.4) is 0 Å². The van der Waals surface area contributed by atoms with E-state index in [-0.39, 0.29) is 0 Å².